The van der Waals surface area contributed by atoms with E-state index in [0.717, 1.165) is 28.8 Å². The maximum atomic E-state index is 13.2. The number of hydrogen-bond acceptors (Lipinski definition) is 6. The van der Waals surface area contributed by atoms with Gasteiger partial charge in [-0.15, -0.1) is 11.3 Å². The van der Waals surface area contributed by atoms with Gasteiger partial charge in [-0.1, -0.05) is 29.8 Å². The molecule has 4 rings (SSSR count). The van der Waals surface area contributed by atoms with Crippen LogP contribution in [0.25, 0.3) is 0 Å². The van der Waals surface area contributed by atoms with Crippen molar-refractivity contribution in [1.82, 2.24) is 5.32 Å². The number of amides is 4. The van der Waals surface area contributed by atoms with Crippen LogP contribution in [0.15, 0.2) is 53.4 Å². The van der Waals surface area contributed by atoms with Gasteiger partial charge in [0.05, 0.1) is 21.7 Å². The molecule has 1 heterocycles. The molecule has 0 fully saturated rings. The number of sulfonamides is 1. The van der Waals surface area contributed by atoms with Gasteiger partial charge in [0.2, 0.25) is 0 Å². The minimum absolute atomic E-state index is 0.0633. The normalized spacial score (nSPS) is 12.6. The van der Waals surface area contributed by atoms with E-state index in [-0.39, 0.29) is 26.7 Å². The molecule has 0 unspecified atom stereocenters. The van der Waals surface area contributed by atoms with E-state index in [4.69, 9.17) is 5.73 Å². The fraction of sp³-hybridized carbons (Fsp3) is 0.174. The predicted molar refractivity (Wildman–Crippen MR) is 130 cm³/mol. The van der Waals surface area contributed by atoms with Crippen LogP contribution in [0.3, 0.4) is 0 Å². The molecule has 0 spiro atoms. The highest BCUT2D eigenvalue weighted by molar-refractivity contribution is 7.92. The Morgan fingerprint density at radius 2 is 1.68 bits per heavy atom. The molecule has 9 nitrogen and oxygen atoms in total. The number of rotatable bonds is 6. The number of carbonyl (C=O) groups is 3. The van der Waals surface area contributed by atoms with E-state index in [1.807, 2.05) is 6.92 Å². The first-order valence-electron chi connectivity index (χ1n) is 10.4. The molecular formula is C23H22N4O5S2. The van der Waals surface area contributed by atoms with Gasteiger partial charge >= 0.3 is 6.03 Å². The van der Waals surface area contributed by atoms with Crippen LogP contribution >= 0.6 is 11.3 Å². The fourth-order valence-corrected chi connectivity index (χ4v) is 6.13. The second-order valence-corrected chi connectivity index (χ2v) is 10.6. The molecule has 0 saturated carbocycles. The number of thiophene rings is 1. The molecule has 0 atom stereocenters. The first kappa shape index (κ1) is 23.5. The summed E-state index contributed by atoms with van der Waals surface area (Å²) < 4.78 is 28.2. The summed E-state index contributed by atoms with van der Waals surface area (Å²) in [6, 6.07) is 11.5. The monoisotopic (exact) mass is 498 g/mol. The highest BCUT2D eigenvalue weighted by Crippen LogP contribution is 2.39. The lowest BCUT2D eigenvalue weighted by Gasteiger charge is -2.13. The number of para-hydroxylation sites is 1. The third kappa shape index (κ3) is 4.80. The molecule has 34 heavy (non-hydrogen) atoms. The smallest absolute Gasteiger partial charge is 0.319 e. The molecular weight excluding hydrogens is 476 g/mol. The van der Waals surface area contributed by atoms with Crippen LogP contribution in [-0.2, 0) is 22.9 Å². The van der Waals surface area contributed by atoms with Crippen molar-refractivity contribution in [1.29, 1.82) is 0 Å². The summed E-state index contributed by atoms with van der Waals surface area (Å²) in [4.78, 5) is 38.0. The summed E-state index contributed by atoms with van der Waals surface area (Å²) in [7, 11) is -3.93. The van der Waals surface area contributed by atoms with Gasteiger partial charge in [-0.2, -0.15) is 0 Å². The zero-order valence-electron chi connectivity index (χ0n) is 18.2. The van der Waals surface area contributed by atoms with Gasteiger partial charge in [0.25, 0.3) is 21.8 Å². The number of aryl methyl sites for hydroxylation is 2. The lowest BCUT2D eigenvalue weighted by molar-refractivity contribution is 0.0966. The molecule has 4 amide bonds. The minimum Gasteiger partial charge on any atom is -0.351 e. The van der Waals surface area contributed by atoms with E-state index in [2.05, 4.69) is 15.4 Å². The summed E-state index contributed by atoms with van der Waals surface area (Å²) in [6.45, 7) is 1.85. The van der Waals surface area contributed by atoms with Crippen LogP contribution in [0.5, 0.6) is 0 Å². The maximum Gasteiger partial charge on any atom is 0.319 e. The van der Waals surface area contributed by atoms with E-state index in [1.54, 1.807) is 24.3 Å². The first-order valence-corrected chi connectivity index (χ1v) is 12.7. The second-order valence-electron chi connectivity index (χ2n) is 7.80. The van der Waals surface area contributed by atoms with Crippen LogP contribution in [0.1, 0.15) is 43.1 Å². The summed E-state index contributed by atoms with van der Waals surface area (Å²) in [6.07, 6.45) is 2.28. The topological polar surface area (TPSA) is 147 Å². The van der Waals surface area contributed by atoms with Crippen molar-refractivity contribution < 1.29 is 22.8 Å². The molecule has 176 valence electrons. The number of urea groups is 1. The van der Waals surface area contributed by atoms with Crippen molar-refractivity contribution in [2.45, 2.75) is 31.1 Å². The molecule has 0 aliphatic heterocycles. The summed E-state index contributed by atoms with van der Waals surface area (Å²) in [5, 5.41) is 5.05. The number of carbonyl (C=O) groups excluding carboxylic acids is 3. The predicted octanol–water partition coefficient (Wildman–Crippen LogP) is 3.41. The van der Waals surface area contributed by atoms with E-state index in [9.17, 15) is 22.8 Å². The third-order valence-electron chi connectivity index (χ3n) is 5.36. The van der Waals surface area contributed by atoms with Crippen LogP contribution in [0, 0.1) is 6.92 Å². The van der Waals surface area contributed by atoms with E-state index < -0.39 is 27.9 Å². The van der Waals surface area contributed by atoms with E-state index in [1.165, 1.54) is 35.6 Å². The van der Waals surface area contributed by atoms with Crippen LogP contribution in [0.2, 0.25) is 0 Å². The lowest BCUT2D eigenvalue weighted by atomic mass is 10.1. The molecule has 0 saturated heterocycles. The van der Waals surface area contributed by atoms with Gasteiger partial charge in [0.1, 0.15) is 5.00 Å². The average molecular weight is 499 g/mol. The zero-order valence-corrected chi connectivity index (χ0v) is 19.8. The minimum atomic E-state index is -3.93. The summed E-state index contributed by atoms with van der Waals surface area (Å²) in [5.41, 5.74) is 7.18. The molecule has 11 heteroatoms. The summed E-state index contributed by atoms with van der Waals surface area (Å²) in [5.74, 6) is -1.29. The molecule has 1 aromatic heterocycles. The summed E-state index contributed by atoms with van der Waals surface area (Å²) >= 11 is 1.26. The van der Waals surface area contributed by atoms with Crippen molar-refractivity contribution in [2.24, 2.45) is 5.73 Å². The number of nitrogens with one attached hydrogen (secondary N) is 3. The SMILES string of the molecule is Cc1ccc(S(=O)(=O)Nc2ccccc2C(=O)Nc2sc3c(c2C(=O)NC(N)=O)CCC3)cc1. The van der Waals surface area contributed by atoms with Crippen LogP contribution in [-0.4, -0.2) is 26.3 Å². The Hall–Kier alpha value is -3.70. The molecule has 0 bridgehead atoms. The largest absolute Gasteiger partial charge is 0.351 e. The number of primary amides is 1. The molecule has 1 aliphatic carbocycles. The quantitative estimate of drug-likeness (QED) is 0.411. The lowest BCUT2D eigenvalue weighted by Crippen LogP contribution is -2.35. The van der Waals surface area contributed by atoms with Gasteiger partial charge < -0.3 is 11.1 Å². The number of hydrogen-bond donors (Lipinski definition) is 4. The Balaban J connectivity index is 1.63. The Morgan fingerprint density at radius 1 is 0.971 bits per heavy atom. The average Bonchev–Trinajstić information content (AvgIpc) is 3.34. The van der Waals surface area contributed by atoms with Gasteiger partial charge in [-0.05, 0) is 56.0 Å². The Labute approximate surface area is 200 Å². The zero-order chi connectivity index (χ0) is 24.5. The number of nitrogens with two attached hydrogens (primary N) is 1. The number of imide groups is 1. The molecule has 5 N–H and O–H groups in total. The first-order chi connectivity index (χ1) is 16.2. The van der Waals surface area contributed by atoms with Crippen molar-refractivity contribution in [3.8, 4) is 0 Å². The van der Waals surface area contributed by atoms with Crippen molar-refractivity contribution in [2.75, 3.05) is 10.0 Å². The number of fused-ring (bicyclic) bond motifs is 1. The third-order valence-corrected chi connectivity index (χ3v) is 7.95. The Morgan fingerprint density at radius 3 is 2.38 bits per heavy atom. The molecule has 0 radical (unpaired) electrons. The van der Waals surface area contributed by atoms with Crippen LogP contribution < -0.4 is 21.1 Å². The van der Waals surface area contributed by atoms with Crippen LogP contribution in [0.4, 0.5) is 15.5 Å². The Bertz CT molecular complexity index is 1400. The highest BCUT2D eigenvalue weighted by Gasteiger charge is 2.29. The highest BCUT2D eigenvalue weighted by atomic mass is 32.2. The number of anilines is 2. The van der Waals surface area contributed by atoms with Crippen molar-refractivity contribution >= 4 is 49.9 Å². The molecule has 1 aliphatic rings. The van der Waals surface area contributed by atoms with Gasteiger partial charge in [-0.3, -0.25) is 19.6 Å². The Kier molecular flexibility index (Phi) is 6.40. The maximum absolute atomic E-state index is 13.2. The fourth-order valence-electron chi connectivity index (χ4n) is 3.77. The van der Waals surface area contributed by atoms with Crippen molar-refractivity contribution in [3.63, 3.8) is 0 Å². The van der Waals surface area contributed by atoms with Gasteiger partial charge in [0, 0.05) is 4.88 Å². The van der Waals surface area contributed by atoms with Gasteiger partial charge in [0.15, 0.2) is 0 Å². The van der Waals surface area contributed by atoms with E-state index >= 15 is 0 Å². The van der Waals surface area contributed by atoms with E-state index in [0.29, 0.717) is 6.42 Å². The second kappa shape index (κ2) is 9.27. The molecule has 3 aromatic rings. The van der Waals surface area contributed by atoms with Gasteiger partial charge in [-0.25, -0.2) is 13.2 Å². The molecule has 2 aromatic carbocycles. The van der Waals surface area contributed by atoms with Crippen molar-refractivity contribution in [3.05, 3.63) is 75.7 Å². The standard InChI is InChI=1S/C23H22N4O5S2/c1-13-9-11-14(12-10-13)34(31,32)27-17-7-3-2-5-15(17)20(28)25-22-19(21(29)26-23(24)30)16-6-4-8-18(16)33-22/h2-3,5,7,9-12,27H,4,6,8H2,1H3,(H,25,28)(H3,24,26,29,30). The number of benzene rings is 2.